The molecule has 1 aromatic rings. The summed E-state index contributed by atoms with van der Waals surface area (Å²) in [5, 5.41) is 0. The highest BCUT2D eigenvalue weighted by Gasteiger charge is 2.20. The van der Waals surface area contributed by atoms with E-state index in [9.17, 15) is 4.79 Å². The predicted octanol–water partition coefficient (Wildman–Crippen LogP) is 1.60. The second-order valence-electron chi connectivity index (χ2n) is 4.35. The van der Waals surface area contributed by atoms with Crippen molar-refractivity contribution in [2.45, 2.75) is 13.0 Å². The van der Waals surface area contributed by atoms with Gasteiger partial charge in [-0.15, -0.1) is 0 Å². The zero-order valence-electron chi connectivity index (χ0n) is 10.7. The highest BCUT2D eigenvalue weighted by atomic mass is 16.5. The summed E-state index contributed by atoms with van der Waals surface area (Å²) in [4.78, 5) is 13.2. The van der Waals surface area contributed by atoms with Crippen LogP contribution in [0.1, 0.15) is 17.3 Å². The van der Waals surface area contributed by atoms with E-state index in [1.54, 1.807) is 6.07 Å². The zero-order chi connectivity index (χ0) is 12.8. The Labute approximate surface area is 107 Å². The quantitative estimate of drug-likeness (QED) is 0.743. The second-order valence-corrected chi connectivity index (χ2v) is 4.35. The van der Waals surface area contributed by atoms with Crippen LogP contribution in [0.15, 0.2) is 24.3 Å². The molecule has 98 valence electrons. The number of para-hydroxylation sites is 1. The van der Waals surface area contributed by atoms with Crippen molar-refractivity contribution in [3.05, 3.63) is 29.8 Å². The van der Waals surface area contributed by atoms with Gasteiger partial charge >= 0.3 is 0 Å². The maximum absolute atomic E-state index is 10.9. The zero-order valence-corrected chi connectivity index (χ0v) is 10.7. The van der Waals surface area contributed by atoms with Crippen molar-refractivity contribution < 1.29 is 14.3 Å². The van der Waals surface area contributed by atoms with Crippen molar-refractivity contribution in [3.8, 4) is 5.75 Å². The Hall–Kier alpha value is -1.39. The van der Waals surface area contributed by atoms with E-state index < -0.39 is 0 Å². The van der Waals surface area contributed by atoms with Crippen LogP contribution in [-0.4, -0.2) is 50.1 Å². The molecule has 0 spiro atoms. The minimum absolute atomic E-state index is 0.0819. The van der Waals surface area contributed by atoms with E-state index in [1.807, 2.05) is 18.2 Å². The van der Waals surface area contributed by atoms with Crippen molar-refractivity contribution in [3.63, 3.8) is 0 Å². The molecule has 4 heteroatoms. The van der Waals surface area contributed by atoms with Gasteiger partial charge < -0.3 is 9.47 Å². The molecule has 1 aromatic carbocycles. The van der Waals surface area contributed by atoms with Gasteiger partial charge in [0.2, 0.25) is 0 Å². The van der Waals surface area contributed by atoms with Gasteiger partial charge in [0.05, 0.1) is 12.2 Å². The summed E-state index contributed by atoms with van der Waals surface area (Å²) in [5.41, 5.74) is 0.584. The largest absolute Gasteiger partial charge is 0.490 e. The summed E-state index contributed by atoms with van der Waals surface area (Å²) in [7, 11) is 0. The van der Waals surface area contributed by atoms with Crippen LogP contribution in [-0.2, 0) is 4.74 Å². The smallest absolute Gasteiger partial charge is 0.153 e. The molecule has 0 radical (unpaired) electrons. The lowest BCUT2D eigenvalue weighted by molar-refractivity contribution is -0.0464. The van der Waals surface area contributed by atoms with Gasteiger partial charge in [0.15, 0.2) is 6.29 Å². The molecular weight excluding hydrogens is 230 g/mol. The van der Waals surface area contributed by atoms with Gasteiger partial charge in [-0.05, 0) is 18.7 Å². The lowest BCUT2D eigenvalue weighted by atomic mass is 10.2. The van der Waals surface area contributed by atoms with Crippen LogP contribution in [0.4, 0.5) is 0 Å². The average Bonchev–Trinajstić information content (AvgIpc) is 2.45. The number of carbonyl (C=O) groups is 1. The minimum atomic E-state index is 0.0819. The van der Waals surface area contributed by atoms with Gasteiger partial charge in [0.1, 0.15) is 18.5 Å². The van der Waals surface area contributed by atoms with Crippen molar-refractivity contribution in [1.29, 1.82) is 0 Å². The molecule has 0 bridgehead atoms. The number of aldehydes is 1. The normalized spacial score (nSPS) is 20.6. The molecule has 0 N–H and O–H groups in total. The summed E-state index contributed by atoms with van der Waals surface area (Å²) < 4.78 is 11.3. The van der Waals surface area contributed by atoms with Crippen LogP contribution in [0.25, 0.3) is 0 Å². The Morgan fingerprint density at radius 1 is 1.50 bits per heavy atom. The summed E-state index contributed by atoms with van der Waals surface area (Å²) in [6, 6.07) is 7.25. The first-order chi connectivity index (χ1) is 8.83. The molecule has 1 aliphatic rings. The highest BCUT2D eigenvalue weighted by molar-refractivity contribution is 5.79. The van der Waals surface area contributed by atoms with Gasteiger partial charge in [-0.1, -0.05) is 19.1 Å². The number of morpholine rings is 1. The number of benzene rings is 1. The first kappa shape index (κ1) is 13.1. The SMILES string of the molecule is CCN1CCOC(COc2ccccc2C=O)C1. The van der Waals surface area contributed by atoms with Crippen LogP contribution >= 0.6 is 0 Å². The topological polar surface area (TPSA) is 38.8 Å². The van der Waals surface area contributed by atoms with Crippen molar-refractivity contribution in [2.75, 3.05) is 32.8 Å². The Bertz CT molecular complexity index is 394. The van der Waals surface area contributed by atoms with Crippen molar-refractivity contribution >= 4 is 6.29 Å². The third kappa shape index (κ3) is 3.31. The molecule has 1 heterocycles. The first-order valence-electron chi connectivity index (χ1n) is 6.34. The third-order valence-corrected chi connectivity index (χ3v) is 3.14. The summed E-state index contributed by atoms with van der Waals surface area (Å²) in [5.74, 6) is 0.629. The molecule has 1 saturated heterocycles. The van der Waals surface area contributed by atoms with Gasteiger partial charge in [-0.3, -0.25) is 9.69 Å². The van der Waals surface area contributed by atoms with Gasteiger partial charge in [0.25, 0.3) is 0 Å². The van der Waals surface area contributed by atoms with Crippen LogP contribution < -0.4 is 4.74 Å². The van der Waals surface area contributed by atoms with E-state index in [0.29, 0.717) is 17.9 Å². The molecule has 0 amide bonds. The van der Waals surface area contributed by atoms with Crippen LogP contribution in [0.3, 0.4) is 0 Å². The van der Waals surface area contributed by atoms with Crippen LogP contribution in [0, 0.1) is 0 Å². The molecule has 1 atom stereocenters. The summed E-state index contributed by atoms with van der Waals surface area (Å²) in [6.45, 7) is 6.28. The number of hydrogen-bond donors (Lipinski definition) is 0. The third-order valence-electron chi connectivity index (χ3n) is 3.14. The van der Waals surface area contributed by atoms with Crippen LogP contribution in [0.5, 0.6) is 5.75 Å². The lowest BCUT2D eigenvalue weighted by Crippen LogP contribution is -2.44. The molecule has 0 saturated carbocycles. The molecule has 1 unspecified atom stereocenters. The molecule has 0 aliphatic carbocycles. The van der Waals surface area contributed by atoms with E-state index in [1.165, 1.54) is 0 Å². The Morgan fingerprint density at radius 3 is 3.11 bits per heavy atom. The van der Waals surface area contributed by atoms with Gasteiger partial charge in [0, 0.05) is 13.1 Å². The maximum atomic E-state index is 10.9. The Balaban J connectivity index is 1.89. The monoisotopic (exact) mass is 249 g/mol. The van der Waals surface area contributed by atoms with E-state index in [-0.39, 0.29) is 6.10 Å². The molecular formula is C14H19NO3. The second kappa shape index (κ2) is 6.52. The number of ether oxygens (including phenoxy) is 2. The van der Waals surface area contributed by atoms with E-state index in [4.69, 9.17) is 9.47 Å². The number of hydrogen-bond acceptors (Lipinski definition) is 4. The maximum Gasteiger partial charge on any atom is 0.153 e. The number of rotatable bonds is 5. The summed E-state index contributed by atoms with van der Waals surface area (Å²) in [6.07, 6.45) is 0.897. The Morgan fingerprint density at radius 2 is 2.33 bits per heavy atom. The van der Waals surface area contributed by atoms with Crippen LogP contribution in [0.2, 0.25) is 0 Å². The summed E-state index contributed by atoms with van der Waals surface area (Å²) >= 11 is 0. The van der Waals surface area contributed by atoms with Crippen molar-refractivity contribution in [1.82, 2.24) is 4.90 Å². The lowest BCUT2D eigenvalue weighted by Gasteiger charge is -2.31. The fraction of sp³-hybridized carbons (Fsp3) is 0.500. The van der Waals surface area contributed by atoms with E-state index in [2.05, 4.69) is 11.8 Å². The molecule has 2 rings (SSSR count). The number of nitrogens with zero attached hydrogens (tertiary/aromatic N) is 1. The predicted molar refractivity (Wildman–Crippen MR) is 69.2 cm³/mol. The van der Waals surface area contributed by atoms with Gasteiger partial charge in [-0.2, -0.15) is 0 Å². The fourth-order valence-electron chi connectivity index (χ4n) is 2.06. The van der Waals surface area contributed by atoms with Crippen molar-refractivity contribution in [2.24, 2.45) is 0 Å². The van der Waals surface area contributed by atoms with E-state index in [0.717, 1.165) is 32.5 Å². The average molecular weight is 249 g/mol. The molecule has 1 fully saturated rings. The standard InChI is InChI=1S/C14H19NO3/c1-2-15-7-8-17-13(9-15)11-18-14-6-4-3-5-12(14)10-16/h3-6,10,13H,2,7-9,11H2,1H3. The fourth-order valence-corrected chi connectivity index (χ4v) is 2.06. The number of carbonyl (C=O) groups excluding carboxylic acids is 1. The van der Waals surface area contributed by atoms with E-state index >= 15 is 0 Å². The first-order valence-corrected chi connectivity index (χ1v) is 6.34. The highest BCUT2D eigenvalue weighted by Crippen LogP contribution is 2.16. The molecule has 1 aliphatic heterocycles. The van der Waals surface area contributed by atoms with Gasteiger partial charge in [-0.25, -0.2) is 0 Å². The Kier molecular flexibility index (Phi) is 4.73. The number of likely N-dealkylation sites (N-methyl/N-ethyl adjacent to an activating group) is 1. The minimum Gasteiger partial charge on any atom is -0.490 e. The molecule has 18 heavy (non-hydrogen) atoms. The molecule has 0 aromatic heterocycles. The molecule has 4 nitrogen and oxygen atoms in total.